The number of piperazine rings is 1. The van der Waals surface area contributed by atoms with Crippen molar-refractivity contribution >= 4 is 17.2 Å². The summed E-state index contributed by atoms with van der Waals surface area (Å²) in [5.41, 5.74) is 2.87. The van der Waals surface area contributed by atoms with E-state index in [0.717, 1.165) is 25.3 Å². The maximum atomic E-state index is 11.0. The molecule has 1 aromatic heterocycles. The second-order valence-electron chi connectivity index (χ2n) is 3.04. The molecule has 1 saturated heterocycles. The molecule has 4 nitrogen and oxygen atoms in total. The summed E-state index contributed by atoms with van der Waals surface area (Å²) in [5, 5.41) is 4.81. The summed E-state index contributed by atoms with van der Waals surface area (Å²) in [7, 11) is 0. The van der Waals surface area contributed by atoms with E-state index in [0.29, 0.717) is 6.54 Å². The predicted octanol–water partition coefficient (Wildman–Crippen LogP) is 0.0749. The smallest absolute Gasteiger partial charge is 0.234 e. The van der Waals surface area contributed by atoms with E-state index < -0.39 is 0 Å². The van der Waals surface area contributed by atoms with E-state index in [1.807, 2.05) is 10.9 Å². The van der Waals surface area contributed by atoms with Crippen molar-refractivity contribution in [3.8, 4) is 0 Å². The Labute approximate surface area is 80.6 Å². The number of aromatic nitrogens is 1. The van der Waals surface area contributed by atoms with Crippen LogP contribution in [0.25, 0.3) is 0 Å². The molecule has 70 valence electrons. The average molecular weight is 197 g/mol. The number of rotatable bonds is 2. The van der Waals surface area contributed by atoms with E-state index in [1.165, 1.54) is 0 Å². The minimum Gasteiger partial charge on any atom is -0.354 e. The maximum Gasteiger partial charge on any atom is 0.234 e. The highest BCUT2D eigenvalue weighted by Crippen LogP contribution is 2.05. The van der Waals surface area contributed by atoms with Crippen LogP contribution >= 0.6 is 11.3 Å². The lowest BCUT2D eigenvalue weighted by Gasteiger charge is -2.25. The Balaban J connectivity index is 1.91. The van der Waals surface area contributed by atoms with Gasteiger partial charge in [0.05, 0.1) is 17.7 Å². The van der Waals surface area contributed by atoms with Crippen LogP contribution in [0, 0.1) is 0 Å². The van der Waals surface area contributed by atoms with Crippen molar-refractivity contribution in [2.24, 2.45) is 0 Å². The van der Waals surface area contributed by atoms with Crippen molar-refractivity contribution < 1.29 is 4.79 Å². The molecular formula is C8H11N3OS. The standard InChI is InChI=1S/C8H11N3OS/c12-8-4-11(2-1-9-8)3-7-5-13-6-10-7/h5-6H,1-4H2,(H,9,12). The molecule has 0 aliphatic carbocycles. The van der Waals surface area contributed by atoms with Crippen LogP contribution in [0.2, 0.25) is 0 Å². The first kappa shape index (κ1) is 8.65. The summed E-state index contributed by atoms with van der Waals surface area (Å²) in [6, 6.07) is 0. The van der Waals surface area contributed by atoms with Gasteiger partial charge in [0.15, 0.2) is 0 Å². The molecule has 13 heavy (non-hydrogen) atoms. The fraction of sp³-hybridized carbons (Fsp3) is 0.500. The molecule has 2 rings (SSSR count). The zero-order chi connectivity index (χ0) is 9.10. The van der Waals surface area contributed by atoms with Crippen LogP contribution in [0.4, 0.5) is 0 Å². The van der Waals surface area contributed by atoms with Crippen LogP contribution in [-0.4, -0.2) is 35.4 Å². The topological polar surface area (TPSA) is 45.2 Å². The fourth-order valence-electron chi connectivity index (χ4n) is 1.37. The molecule has 0 spiro atoms. The summed E-state index contributed by atoms with van der Waals surface area (Å²) in [6.07, 6.45) is 0. The molecule has 1 aliphatic heterocycles. The number of nitrogens with one attached hydrogen (secondary N) is 1. The van der Waals surface area contributed by atoms with Crippen LogP contribution in [-0.2, 0) is 11.3 Å². The monoisotopic (exact) mass is 197 g/mol. The van der Waals surface area contributed by atoms with E-state index in [2.05, 4.69) is 15.2 Å². The Hall–Kier alpha value is -0.940. The lowest BCUT2D eigenvalue weighted by atomic mass is 10.3. The third kappa shape index (κ3) is 2.26. The molecule has 1 fully saturated rings. The Morgan fingerprint density at radius 1 is 1.69 bits per heavy atom. The van der Waals surface area contributed by atoms with Gasteiger partial charge in [-0.2, -0.15) is 0 Å². The quantitative estimate of drug-likeness (QED) is 0.730. The van der Waals surface area contributed by atoms with Gasteiger partial charge in [-0.3, -0.25) is 9.69 Å². The summed E-state index contributed by atoms with van der Waals surface area (Å²) in [4.78, 5) is 17.3. The fourth-order valence-corrected chi connectivity index (χ4v) is 1.92. The van der Waals surface area contributed by atoms with Crippen molar-refractivity contribution in [3.05, 3.63) is 16.6 Å². The minimum absolute atomic E-state index is 0.112. The molecule has 0 atom stereocenters. The van der Waals surface area contributed by atoms with Crippen LogP contribution in [0.5, 0.6) is 0 Å². The summed E-state index contributed by atoms with van der Waals surface area (Å²) >= 11 is 1.59. The highest BCUT2D eigenvalue weighted by atomic mass is 32.1. The zero-order valence-corrected chi connectivity index (χ0v) is 8.01. The van der Waals surface area contributed by atoms with Crippen LogP contribution < -0.4 is 5.32 Å². The lowest BCUT2D eigenvalue weighted by Crippen LogP contribution is -2.47. The minimum atomic E-state index is 0.112. The maximum absolute atomic E-state index is 11.0. The van der Waals surface area contributed by atoms with Crippen LogP contribution in [0.3, 0.4) is 0 Å². The second-order valence-corrected chi connectivity index (χ2v) is 3.76. The Morgan fingerprint density at radius 3 is 3.31 bits per heavy atom. The van der Waals surface area contributed by atoms with Gasteiger partial charge >= 0.3 is 0 Å². The highest BCUT2D eigenvalue weighted by Gasteiger charge is 2.16. The third-order valence-corrected chi connectivity index (χ3v) is 2.62. The number of carbonyl (C=O) groups excluding carboxylic acids is 1. The molecule has 1 amide bonds. The molecule has 0 unspecified atom stereocenters. The predicted molar refractivity (Wildman–Crippen MR) is 50.4 cm³/mol. The first-order valence-electron chi connectivity index (χ1n) is 4.21. The molecular weight excluding hydrogens is 186 g/mol. The average Bonchev–Trinajstić information content (AvgIpc) is 2.57. The molecule has 0 radical (unpaired) electrons. The molecule has 1 N–H and O–H groups in total. The van der Waals surface area contributed by atoms with Crippen LogP contribution in [0.15, 0.2) is 10.9 Å². The first-order chi connectivity index (χ1) is 6.34. The van der Waals surface area contributed by atoms with Gasteiger partial charge in [-0.15, -0.1) is 11.3 Å². The van der Waals surface area contributed by atoms with Gasteiger partial charge in [-0.25, -0.2) is 4.98 Å². The normalized spacial score (nSPS) is 18.6. The van der Waals surface area contributed by atoms with Crippen molar-refractivity contribution in [1.29, 1.82) is 0 Å². The SMILES string of the molecule is O=C1CN(Cc2cscn2)CCN1. The van der Waals surface area contributed by atoms with Crippen molar-refractivity contribution in [2.75, 3.05) is 19.6 Å². The van der Waals surface area contributed by atoms with E-state index in [-0.39, 0.29) is 5.91 Å². The molecule has 0 bridgehead atoms. The van der Waals surface area contributed by atoms with Gasteiger partial charge in [0.25, 0.3) is 0 Å². The van der Waals surface area contributed by atoms with Gasteiger partial charge in [0, 0.05) is 25.0 Å². The van der Waals surface area contributed by atoms with Crippen molar-refractivity contribution in [2.45, 2.75) is 6.54 Å². The van der Waals surface area contributed by atoms with E-state index in [4.69, 9.17) is 0 Å². The molecule has 0 saturated carbocycles. The van der Waals surface area contributed by atoms with Crippen molar-refractivity contribution in [1.82, 2.24) is 15.2 Å². The molecule has 1 aliphatic rings. The van der Waals surface area contributed by atoms with Crippen molar-refractivity contribution in [3.63, 3.8) is 0 Å². The van der Waals surface area contributed by atoms with Gasteiger partial charge in [0.1, 0.15) is 0 Å². The van der Waals surface area contributed by atoms with E-state index in [1.54, 1.807) is 11.3 Å². The third-order valence-electron chi connectivity index (χ3n) is 1.99. The number of thiazole rings is 1. The second kappa shape index (κ2) is 3.85. The largest absolute Gasteiger partial charge is 0.354 e. The van der Waals surface area contributed by atoms with Gasteiger partial charge in [0.2, 0.25) is 5.91 Å². The van der Waals surface area contributed by atoms with E-state index in [9.17, 15) is 4.79 Å². The number of hydrogen-bond acceptors (Lipinski definition) is 4. The number of hydrogen-bond donors (Lipinski definition) is 1. The summed E-state index contributed by atoms with van der Waals surface area (Å²) in [6.45, 7) is 2.96. The van der Waals surface area contributed by atoms with Gasteiger partial charge in [-0.1, -0.05) is 0 Å². The molecule has 5 heteroatoms. The van der Waals surface area contributed by atoms with Crippen LogP contribution in [0.1, 0.15) is 5.69 Å². The van der Waals surface area contributed by atoms with Gasteiger partial charge < -0.3 is 5.32 Å². The first-order valence-corrected chi connectivity index (χ1v) is 5.15. The molecule has 0 aromatic carbocycles. The van der Waals surface area contributed by atoms with Gasteiger partial charge in [-0.05, 0) is 0 Å². The van der Waals surface area contributed by atoms with E-state index >= 15 is 0 Å². The molecule has 2 heterocycles. The number of amides is 1. The number of carbonyl (C=O) groups is 1. The molecule has 1 aromatic rings. The lowest BCUT2D eigenvalue weighted by molar-refractivity contribution is -0.124. The number of nitrogens with zero attached hydrogens (tertiary/aromatic N) is 2. The Morgan fingerprint density at radius 2 is 2.62 bits per heavy atom. The summed E-state index contributed by atoms with van der Waals surface area (Å²) < 4.78 is 0. The highest BCUT2D eigenvalue weighted by molar-refractivity contribution is 7.07. The zero-order valence-electron chi connectivity index (χ0n) is 7.19. The Bertz CT molecular complexity index is 286. The summed E-state index contributed by atoms with van der Waals surface area (Å²) in [5.74, 6) is 0.112. The Kier molecular flexibility index (Phi) is 2.56.